The van der Waals surface area contributed by atoms with E-state index in [-0.39, 0.29) is 22.7 Å². The van der Waals surface area contributed by atoms with E-state index in [1.54, 1.807) is 18.2 Å². The van der Waals surface area contributed by atoms with Crippen molar-refractivity contribution in [2.75, 3.05) is 7.11 Å². The summed E-state index contributed by atoms with van der Waals surface area (Å²) >= 11 is 11.7. The van der Waals surface area contributed by atoms with Gasteiger partial charge in [-0.05, 0) is 23.8 Å². The summed E-state index contributed by atoms with van der Waals surface area (Å²) in [5.74, 6) is -0.549. The molecule has 0 aliphatic rings. The van der Waals surface area contributed by atoms with E-state index in [0.717, 1.165) is 5.56 Å². The molecule has 0 bridgehead atoms. The molecule has 0 aliphatic carbocycles. The number of hydrogen-bond acceptors (Lipinski definition) is 3. The van der Waals surface area contributed by atoms with Crippen LogP contribution in [-0.4, -0.2) is 17.6 Å². The summed E-state index contributed by atoms with van der Waals surface area (Å²) in [5, 5.41) is 0.542. The molecule has 0 saturated carbocycles. The molecule has 0 aliphatic heterocycles. The van der Waals surface area contributed by atoms with E-state index >= 15 is 0 Å². The molecule has 2 aromatic rings. The zero-order chi connectivity index (χ0) is 14.7. The van der Waals surface area contributed by atoms with Gasteiger partial charge >= 0.3 is 5.97 Å². The lowest BCUT2D eigenvalue weighted by atomic mass is 10.2. The van der Waals surface area contributed by atoms with Crippen molar-refractivity contribution in [3.8, 4) is 0 Å². The number of esters is 1. The molecule has 0 amide bonds. The average Bonchev–Trinajstić information content (AvgIpc) is 2.42. The zero-order valence-corrected chi connectivity index (χ0v) is 12.1. The molecule has 1 aromatic carbocycles. The fourth-order valence-electron chi connectivity index (χ4n) is 1.78. The van der Waals surface area contributed by atoms with Crippen molar-refractivity contribution in [2.24, 2.45) is 0 Å². The predicted octanol–water partition coefficient (Wildman–Crippen LogP) is 2.99. The third kappa shape index (κ3) is 3.21. The van der Waals surface area contributed by atoms with Crippen LogP contribution in [0.5, 0.6) is 0 Å². The van der Waals surface area contributed by atoms with Crippen LogP contribution < -0.4 is 5.56 Å². The Labute approximate surface area is 125 Å². The molecule has 1 aromatic heterocycles. The van der Waals surface area contributed by atoms with Crippen molar-refractivity contribution in [1.82, 2.24) is 4.57 Å². The number of benzene rings is 1. The molecule has 1 heterocycles. The second-order valence-corrected chi connectivity index (χ2v) is 4.97. The van der Waals surface area contributed by atoms with Crippen LogP contribution in [0.15, 0.2) is 41.3 Å². The van der Waals surface area contributed by atoms with Gasteiger partial charge in [0.2, 0.25) is 0 Å². The highest BCUT2D eigenvalue weighted by molar-refractivity contribution is 6.31. The number of nitrogens with zero attached hydrogens (tertiary/aromatic N) is 1. The van der Waals surface area contributed by atoms with E-state index < -0.39 is 5.97 Å². The highest BCUT2D eigenvalue weighted by Gasteiger charge is 2.11. The fourth-order valence-corrected chi connectivity index (χ4v) is 2.22. The van der Waals surface area contributed by atoms with Crippen LogP contribution in [0.4, 0.5) is 0 Å². The molecule has 20 heavy (non-hydrogen) atoms. The van der Waals surface area contributed by atoms with E-state index in [1.807, 2.05) is 6.07 Å². The van der Waals surface area contributed by atoms with Gasteiger partial charge in [-0.25, -0.2) is 4.79 Å². The maximum absolute atomic E-state index is 12.0. The monoisotopic (exact) mass is 311 g/mol. The first-order valence-electron chi connectivity index (χ1n) is 5.74. The third-order valence-electron chi connectivity index (χ3n) is 2.71. The Morgan fingerprint density at radius 2 is 2.05 bits per heavy atom. The van der Waals surface area contributed by atoms with Gasteiger partial charge < -0.3 is 9.30 Å². The van der Waals surface area contributed by atoms with Crippen molar-refractivity contribution in [2.45, 2.75) is 6.54 Å². The van der Waals surface area contributed by atoms with Gasteiger partial charge in [-0.15, -0.1) is 0 Å². The number of methoxy groups -OCH3 is 1. The van der Waals surface area contributed by atoms with Gasteiger partial charge in [0.05, 0.1) is 19.2 Å². The highest BCUT2D eigenvalue weighted by Crippen LogP contribution is 2.13. The van der Waals surface area contributed by atoms with Crippen LogP contribution >= 0.6 is 23.2 Å². The van der Waals surface area contributed by atoms with Crippen molar-refractivity contribution in [3.63, 3.8) is 0 Å². The van der Waals surface area contributed by atoms with Crippen LogP contribution in [-0.2, 0) is 11.3 Å². The van der Waals surface area contributed by atoms with E-state index in [2.05, 4.69) is 4.74 Å². The Morgan fingerprint density at radius 1 is 1.30 bits per heavy atom. The summed E-state index contributed by atoms with van der Waals surface area (Å²) in [4.78, 5) is 23.5. The molecule has 104 valence electrons. The van der Waals surface area contributed by atoms with E-state index in [4.69, 9.17) is 23.2 Å². The molecular weight excluding hydrogens is 301 g/mol. The fraction of sp³-hybridized carbons (Fsp3) is 0.143. The molecular formula is C14H11Cl2NO3. The normalized spacial score (nSPS) is 10.3. The van der Waals surface area contributed by atoms with Gasteiger partial charge in [0.25, 0.3) is 5.56 Å². The first kappa shape index (κ1) is 14.6. The van der Waals surface area contributed by atoms with Crippen molar-refractivity contribution in [3.05, 3.63) is 68.1 Å². The lowest BCUT2D eigenvalue weighted by Crippen LogP contribution is -2.22. The first-order chi connectivity index (χ1) is 9.51. The summed E-state index contributed by atoms with van der Waals surface area (Å²) in [5.41, 5.74) is 0.677. The molecule has 0 spiro atoms. The lowest BCUT2D eigenvalue weighted by molar-refractivity contribution is 0.0599. The number of carbonyl (C=O) groups excluding carboxylic acids is 1. The van der Waals surface area contributed by atoms with Crippen molar-refractivity contribution < 1.29 is 9.53 Å². The highest BCUT2D eigenvalue weighted by atomic mass is 35.5. The molecule has 2 rings (SSSR count). The summed E-state index contributed by atoms with van der Waals surface area (Å²) in [7, 11) is 1.27. The van der Waals surface area contributed by atoms with Crippen LogP contribution in [0.25, 0.3) is 0 Å². The van der Waals surface area contributed by atoms with Gasteiger partial charge in [0.15, 0.2) is 0 Å². The Hall–Kier alpha value is -1.78. The van der Waals surface area contributed by atoms with Crippen LogP contribution in [0.2, 0.25) is 10.0 Å². The van der Waals surface area contributed by atoms with Crippen molar-refractivity contribution >= 4 is 29.2 Å². The summed E-state index contributed by atoms with van der Waals surface area (Å²) in [6.07, 6.45) is 1.42. The average molecular weight is 312 g/mol. The van der Waals surface area contributed by atoms with Gasteiger partial charge in [-0.2, -0.15) is 0 Å². The maximum Gasteiger partial charge on any atom is 0.339 e. The largest absolute Gasteiger partial charge is 0.465 e. The predicted molar refractivity (Wildman–Crippen MR) is 77.6 cm³/mol. The first-order valence-corrected chi connectivity index (χ1v) is 6.49. The zero-order valence-electron chi connectivity index (χ0n) is 10.6. The molecule has 0 N–H and O–H groups in total. The minimum absolute atomic E-state index is 0.0325. The number of pyridine rings is 1. The molecule has 0 fully saturated rings. The lowest BCUT2D eigenvalue weighted by Gasteiger charge is -2.09. The molecule has 0 saturated heterocycles. The SMILES string of the molecule is COC(=O)c1cc(Cl)c(=O)n(Cc2cccc(Cl)c2)c1. The summed E-state index contributed by atoms with van der Waals surface area (Å²) in [6.45, 7) is 0.268. The number of rotatable bonds is 3. The Balaban J connectivity index is 2.43. The number of ether oxygens (including phenoxy) is 1. The van der Waals surface area contributed by atoms with Gasteiger partial charge in [-0.1, -0.05) is 35.3 Å². The number of aromatic nitrogens is 1. The minimum Gasteiger partial charge on any atom is -0.465 e. The van der Waals surface area contributed by atoms with Crippen molar-refractivity contribution in [1.29, 1.82) is 0 Å². The van der Waals surface area contributed by atoms with Crippen LogP contribution in [0.1, 0.15) is 15.9 Å². The van der Waals surface area contributed by atoms with Crippen LogP contribution in [0, 0.1) is 0 Å². The smallest absolute Gasteiger partial charge is 0.339 e. The quantitative estimate of drug-likeness (QED) is 0.819. The van der Waals surface area contributed by atoms with E-state index in [9.17, 15) is 9.59 Å². The topological polar surface area (TPSA) is 48.3 Å². The maximum atomic E-state index is 12.0. The Morgan fingerprint density at radius 3 is 2.70 bits per heavy atom. The standard InChI is InChI=1S/C14H11Cl2NO3/c1-20-14(19)10-6-12(16)13(18)17(8-10)7-9-3-2-4-11(15)5-9/h2-6,8H,7H2,1H3. The summed E-state index contributed by atoms with van der Waals surface area (Å²) < 4.78 is 5.97. The molecule has 6 heteroatoms. The second kappa shape index (κ2) is 6.11. The Bertz CT molecular complexity index is 710. The van der Waals surface area contributed by atoms with Gasteiger partial charge in [0, 0.05) is 11.2 Å². The second-order valence-electron chi connectivity index (χ2n) is 4.13. The minimum atomic E-state index is -0.549. The molecule has 4 nitrogen and oxygen atoms in total. The van der Waals surface area contributed by atoms with E-state index in [1.165, 1.54) is 23.9 Å². The Kier molecular flexibility index (Phi) is 4.47. The molecule has 0 atom stereocenters. The van der Waals surface area contributed by atoms with E-state index in [0.29, 0.717) is 5.02 Å². The third-order valence-corrected chi connectivity index (χ3v) is 3.21. The van der Waals surface area contributed by atoms with Crippen LogP contribution in [0.3, 0.4) is 0 Å². The molecule has 0 unspecified atom stereocenters. The summed E-state index contributed by atoms with van der Waals surface area (Å²) in [6, 6.07) is 8.40. The number of carbonyl (C=O) groups is 1. The number of hydrogen-bond donors (Lipinski definition) is 0. The van der Waals surface area contributed by atoms with Gasteiger partial charge in [0.1, 0.15) is 5.02 Å². The number of halogens is 2. The van der Waals surface area contributed by atoms with Gasteiger partial charge in [-0.3, -0.25) is 4.79 Å². The molecule has 0 radical (unpaired) electrons.